The second-order valence-electron chi connectivity index (χ2n) is 8.46. The molecule has 0 N–H and O–H groups in total. The van der Waals surface area contributed by atoms with Crippen LogP contribution in [0, 0.1) is 12.8 Å². The minimum absolute atomic E-state index is 0.0419. The number of benzene rings is 1. The van der Waals surface area contributed by atoms with Crippen molar-refractivity contribution in [3.8, 4) is 17.0 Å². The number of rotatable bonds is 8. The Morgan fingerprint density at radius 2 is 2.00 bits per heavy atom. The third kappa shape index (κ3) is 5.30. The van der Waals surface area contributed by atoms with E-state index in [0.29, 0.717) is 55.1 Å². The van der Waals surface area contributed by atoms with Crippen LogP contribution >= 0.6 is 15.9 Å². The second kappa shape index (κ2) is 10.1. The van der Waals surface area contributed by atoms with Gasteiger partial charge in [-0.2, -0.15) is 18.3 Å². The molecule has 1 amide bonds. The molecule has 1 aromatic carbocycles. The van der Waals surface area contributed by atoms with Crippen molar-refractivity contribution in [2.75, 3.05) is 26.5 Å². The Balaban J connectivity index is 1.70. The zero-order chi connectivity index (χ0) is 25.3. The summed E-state index contributed by atoms with van der Waals surface area (Å²) in [5.41, 5.74) is 0.915. The summed E-state index contributed by atoms with van der Waals surface area (Å²) in [5.74, 6) is 0.326. The lowest BCUT2D eigenvalue weighted by atomic mass is 10.00. The number of alkyl halides is 3. The molecule has 0 spiro atoms. The summed E-state index contributed by atoms with van der Waals surface area (Å²) in [7, 11) is 0. The highest BCUT2D eigenvalue weighted by Crippen LogP contribution is 2.40. The van der Waals surface area contributed by atoms with Crippen LogP contribution in [0.3, 0.4) is 0 Å². The lowest BCUT2D eigenvalue weighted by Gasteiger charge is -2.17. The van der Waals surface area contributed by atoms with E-state index in [-0.39, 0.29) is 24.4 Å². The Morgan fingerprint density at radius 3 is 2.66 bits per heavy atom. The van der Waals surface area contributed by atoms with Crippen LogP contribution in [0.4, 0.5) is 13.2 Å². The number of hydrogen-bond donors (Lipinski definition) is 0. The number of carbonyl (C=O) groups is 1. The zero-order valence-corrected chi connectivity index (χ0v) is 21.2. The van der Waals surface area contributed by atoms with Crippen molar-refractivity contribution in [2.45, 2.75) is 39.9 Å². The molecule has 0 unspecified atom stereocenters. The van der Waals surface area contributed by atoms with Gasteiger partial charge in [0, 0.05) is 44.1 Å². The van der Waals surface area contributed by atoms with Gasteiger partial charge in [0.25, 0.3) is 0 Å². The molecule has 0 radical (unpaired) electrons. The highest BCUT2D eigenvalue weighted by Gasteiger charge is 2.33. The summed E-state index contributed by atoms with van der Waals surface area (Å²) < 4.78 is 53.6. The number of pyridine rings is 1. The number of amides is 1. The minimum atomic E-state index is -4.51. The number of aromatic nitrogens is 3. The number of hydrogen-bond acceptors (Lipinski definition) is 5. The average molecular weight is 555 g/mol. The van der Waals surface area contributed by atoms with Gasteiger partial charge in [-0.25, -0.2) is 4.98 Å². The molecule has 3 heterocycles. The molecule has 35 heavy (non-hydrogen) atoms. The van der Waals surface area contributed by atoms with Crippen molar-refractivity contribution in [1.82, 2.24) is 19.7 Å². The number of nitrogens with zero attached hydrogens (tertiary/aromatic N) is 4. The van der Waals surface area contributed by atoms with E-state index in [1.54, 1.807) is 24.6 Å². The van der Waals surface area contributed by atoms with E-state index in [1.807, 2.05) is 17.9 Å². The van der Waals surface area contributed by atoms with Gasteiger partial charge in [0.15, 0.2) is 12.4 Å². The molecule has 188 valence electrons. The highest BCUT2D eigenvalue weighted by atomic mass is 79.9. The van der Waals surface area contributed by atoms with Gasteiger partial charge in [-0.3, -0.25) is 9.48 Å². The summed E-state index contributed by atoms with van der Waals surface area (Å²) >= 11 is 3.59. The first-order valence-corrected chi connectivity index (χ1v) is 12.1. The summed E-state index contributed by atoms with van der Waals surface area (Å²) in [6, 6.07) is 5.62. The van der Waals surface area contributed by atoms with E-state index in [2.05, 4.69) is 26.0 Å². The fourth-order valence-electron chi connectivity index (χ4n) is 4.32. The Hall–Kier alpha value is -2.66. The summed E-state index contributed by atoms with van der Waals surface area (Å²) in [4.78, 5) is 18.6. The average Bonchev–Trinajstić information content (AvgIpc) is 3.31. The van der Waals surface area contributed by atoms with Gasteiger partial charge in [0.05, 0.1) is 16.6 Å². The van der Waals surface area contributed by atoms with Crippen molar-refractivity contribution in [3.63, 3.8) is 0 Å². The van der Waals surface area contributed by atoms with Crippen molar-refractivity contribution in [3.05, 3.63) is 40.0 Å². The van der Waals surface area contributed by atoms with Crippen molar-refractivity contribution in [2.24, 2.45) is 5.92 Å². The molecule has 1 atom stereocenters. The Morgan fingerprint density at radius 1 is 1.23 bits per heavy atom. The fraction of sp³-hybridized carbons (Fsp3) is 0.458. The lowest BCUT2D eigenvalue weighted by molar-refractivity contribution is -0.137. The van der Waals surface area contributed by atoms with E-state index < -0.39 is 11.7 Å². The van der Waals surface area contributed by atoms with Gasteiger partial charge in [-0.05, 0) is 66.5 Å². The fourth-order valence-corrected chi connectivity index (χ4v) is 4.85. The lowest BCUT2D eigenvalue weighted by Crippen LogP contribution is -2.25. The maximum absolute atomic E-state index is 13.4. The largest absolute Gasteiger partial charge is 0.467 e. The Labute approximate surface area is 209 Å². The Kier molecular flexibility index (Phi) is 7.37. The van der Waals surface area contributed by atoms with Crippen LogP contribution in [-0.2, 0) is 22.3 Å². The molecule has 0 saturated carbocycles. The number of carbonyl (C=O) groups excluding carboxylic acids is 1. The minimum Gasteiger partial charge on any atom is -0.467 e. The van der Waals surface area contributed by atoms with Crippen molar-refractivity contribution >= 4 is 32.9 Å². The molecule has 0 aliphatic carbocycles. The molecule has 3 aromatic rings. The first-order valence-electron chi connectivity index (χ1n) is 11.4. The normalized spacial score (nSPS) is 16.5. The predicted molar refractivity (Wildman–Crippen MR) is 128 cm³/mol. The van der Waals surface area contributed by atoms with Crippen LogP contribution in [0.15, 0.2) is 28.9 Å². The van der Waals surface area contributed by atoms with E-state index in [1.165, 1.54) is 0 Å². The van der Waals surface area contributed by atoms with Crippen LogP contribution in [0.2, 0.25) is 0 Å². The number of halogens is 4. The molecule has 1 aliphatic rings. The second-order valence-corrected chi connectivity index (χ2v) is 9.21. The van der Waals surface area contributed by atoms with Crippen LogP contribution in [0.25, 0.3) is 22.3 Å². The van der Waals surface area contributed by atoms with Crippen LogP contribution in [-0.4, -0.2) is 52.1 Å². The molecule has 1 saturated heterocycles. The molecule has 2 aromatic heterocycles. The highest BCUT2D eigenvalue weighted by molar-refractivity contribution is 9.10. The van der Waals surface area contributed by atoms with Gasteiger partial charge in [-0.15, -0.1) is 0 Å². The molecule has 11 heteroatoms. The number of likely N-dealkylation sites (tertiary alicyclic amines) is 1. The van der Waals surface area contributed by atoms with Gasteiger partial charge in [-0.1, -0.05) is 0 Å². The maximum atomic E-state index is 13.4. The van der Waals surface area contributed by atoms with E-state index >= 15 is 0 Å². The van der Waals surface area contributed by atoms with E-state index in [0.717, 1.165) is 22.1 Å². The number of fused-ring (bicyclic) bond motifs is 1. The number of ether oxygens (including phenoxy) is 2. The van der Waals surface area contributed by atoms with Gasteiger partial charge < -0.3 is 14.4 Å². The van der Waals surface area contributed by atoms with Crippen LogP contribution < -0.4 is 4.74 Å². The van der Waals surface area contributed by atoms with Crippen LogP contribution in [0.5, 0.6) is 5.75 Å². The van der Waals surface area contributed by atoms with Gasteiger partial charge >= 0.3 is 6.18 Å². The van der Waals surface area contributed by atoms with Gasteiger partial charge in [0.2, 0.25) is 5.91 Å². The zero-order valence-electron chi connectivity index (χ0n) is 19.7. The first-order chi connectivity index (χ1) is 16.6. The molecule has 7 nitrogen and oxygen atoms in total. The third-order valence-corrected chi connectivity index (χ3v) is 6.87. The standard InChI is InChI=1S/C24H26BrF3N4O3/c1-4-31-11-15(9-20(31)33)12-32-22(25)17-6-7-18(29-23(17)30-32)21-14(3)8-16(24(26,27)28)10-19(21)35-13-34-5-2/h6-8,10,15H,4-5,9,11-13H2,1-3H3/t15-/m1/s1. The van der Waals surface area contributed by atoms with E-state index in [9.17, 15) is 18.0 Å². The smallest absolute Gasteiger partial charge is 0.416 e. The molecular weight excluding hydrogens is 529 g/mol. The summed E-state index contributed by atoms with van der Waals surface area (Å²) in [5, 5.41) is 5.38. The molecule has 1 fully saturated rings. The van der Waals surface area contributed by atoms with Crippen LogP contribution in [0.1, 0.15) is 31.4 Å². The Bertz CT molecular complexity index is 1240. The SMILES string of the molecule is CCOCOc1cc(C(F)(F)F)cc(C)c1-c1ccc2c(Br)n(C[C@@H]3CC(=O)N(CC)C3)nc2n1. The molecule has 4 rings (SSSR count). The third-order valence-electron chi connectivity index (χ3n) is 6.03. The quantitative estimate of drug-likeness (QED) is 0.274. The summed E-state index contributed by atoms with van der Waals surface area (Å²) in [6.07, 6.45) is -4.04. The summed E-state index contributed by atoms with van der Waals surface area (Å²) in [6.45, 7) is 7.43. The molecular formula is C24H26BrF3N4O3. The van der Waals surface area contributed by atoms with Gasteiger partial charge in [0.1, 0.15) is 10.4 Å². The monoisotopic (exact) mass is 554 g/mol. The van der Waals surface area contributed by atoms with E-state index in [4.69, 9.17) is 9.47 Å². The predicted octanol–water partition coefficient (Wildman–Crippen LogP) is 5.43. The van der Waals surface area contributed by atoms with Crippen molar-refractivity contribution < 1.29 is 27.4 Å². The number of aryl methyl sites for hydroxylation is 1. The maximum Gasteiger partial charge on any atom is 0.416 e. The first kappa shape index (κ1) is 25.4. The topological polar surface area (TPSA) is 69.5 Å². The molecule has 1 aliphatic heterocycles. The van der Waals surface area contributed by atoms with Crippen molar-refractivity contribution in [1.29, 1.82) is 0 Å². The molecule has 0 bridgehead atoms.